The Morgan fingerprint density at radius 3 is 2.48 bits per heavy atom. The number of amides is 1. The third-order valence-corrected chi connectivity index (χ3v) is 3.02. The molecule has 1 rings (SSSR count). The van der Waals surface area contributed by atoms with E-state index in [9.17, 15) is 14.4 Å². The van der Waals surface area contributed by atoms with Gasteiger partial charge in [0.15, 0.2) is 0 Å². The number of nitrogens with two attached hydrogens (primary N) is 1. The van der Waals surface area contributed by atoms with Crippen LogP contribution in [0.1, 0.15) is 35.2 Å². The molecule has 1 atom stereocenters. The van der Waals surface area contributed by atoms with Crippen LogP contribution in [0.15, 0.2) is 18.2 Å². The molecule has 0 bridgehead atoms. The molecule has 0 radical (unpaired) electrons. The molecule has 0 heterocycles. The van der Waals surface area contributed by atoms with Gasteiger partial charge < -0.3 is 21.3 Å². The molecular formula is C14H18N2O5. The number of aryl methyl sites for hydroxylation is 1. The summed E-state index contributed by atoms with van der Waals surface area (Å²) in [6.45, 7) is 1.74. The van der Waals surface area contributed by atoms with Gasteiger partial charge in [0.1, 0.15) is 6.04 Å². The molecule has 5 N–H and O–H groups in total. The van der Waals surface area contributed by atoms with Crippen molar-refractivity contribution in [1.29, 1.82) is 0 Å². The summed E-state index contributed by atoms with van der Waals surface area (Å²) in [5, 5.41) is 20.0. The maximum absolute atomic E-state index is 12.0. The Bertz CT molecular complexity index is 556. The first-order chi connectivity index (χ1) is 9.81. The van der Waals surface area contributed by atoms with Crippen molar-refractivity contribution < 1.29 is 24.6 Å². The quantitative estimate of drug-likeness (QED) is 0.555. The number of aliphatic carboxylic acids is 2. The van der Waals surface area contributed by atoms with Crippen molar-refractivity contribution in [2.24, 2.45) is 0 Å². The summed E-state index contributed by atoms with van der Waals surface area (Å²) in [6.07, 6.45) is 0.0926. The van der Waals surface area contributed by atoms with Crippen LogP contribution in [0.5, 0.6) is 0 Å². The lowest BCUT2D eigenvalue weighted by Crippen LogP contribution is -2.40. The number of rotatable bonds is 7. The molecule has 21 heavy (non-hydrogen) atoms. The van der Waals surface area contributed by atoms with E-state index < -0.39 is 23.9 Å². The van der Waals surface area contributed by atoms with Crippen LogP contribution in [0.25, 0.3) is 0 Å². The molecule has 0 aliphatic heterocycles. The Balaban J connectivity index is 2.69. The Labute approximate surface area is 121 Å². The van der Waals surface area contributed by atoms with Crippen molar-refractivity contribution in [2.45, 2.75) is 32.2 Å². The fourth-order valence-corrected chi connectivity index (χ4v) is 1.77. The molecule has 0 aromatic heterocycles. The van der Waals surface area contributed by atoms with Crippen LogP contribution in [-0.4, -0.2) is 34.1 Å². The van der Waals surface area contributed by atoms with Crippen LogP contribution < -0.4 is 11.1 Å². The lowest BCUT2D eigenvalue weighted by molar-refractivity contribution is -0.140. The SMILES string of the molecule is Cc1cc(C(=O)NC(CCCC(=O)O)C(=O)O)ccc1N. The van der Waals surface area contributed by atoms with Crippen molar-refractivity contribution in [3.8, 4) is 0 Å². The second kappa shape index (κ2) is 7.28. The number of nitrogen functional groups attached to an aromatic ring is 1. The van der Waals surface area contributed by atoms with Gasteiger partial charge in [-0.05, 0) is 43.5 Å². The zero-order valence-corrected chi connectivity index (χ0v) is 11.6. The summed E-state index contributed by atoms with van der Waals surface area (Å²) in [7, 11) is 0. The number of hydrogen-bond donors (Lipinski definition) is 4. The van der Waals surface area contributed by atoms with Crippen molar-refractivity contribution in [1.82, 2.24) is 5.32 Å². The van der Waals surface area contributed by atoms with Crippen LogP contribution in [0.2, 0.25) is 0 Å². The molecule has 0 aliphatic carbocycles. The number of hydrogen-bond acceptors (Lipinski definition) is 4. The molecule has 0 fully saturated rings. The lowest BCUT2D eigenvalue weighted by atomic mass is 10.1. The fraction of sp³-hybridized carbons (Fsp3) is 0.357. The van der Waals surface area contributed by atoms with Gasteiger partial charge >= 0.3 is 11.9 Å². The van der Waals surface area contributed by atoms with Gasteiger partial charge in [-0.15, -0.1) is 0 Å². The predicted molar refractivity (Wildman–Crippen MR) is 76.0 cm³/mol. The number of carbonyl (C=O) groups is 3. The van der Waals surface area contributed by atoms with Crippen LogP contribution in [0.4, 0.5) is 5.69 Å². The van der Waals surface area contributed by atoms with Gasteiger partial charge in [-0.25, -0.2) is 4.79 Å². The maximum Gasteiger partial charge on any atom is 0.326 e. The normalized spacial score (nSPS) is 11.7. The number of nitrogens with one attached hydrogen (secondary N) is 1. The van der Waals surface area contributed by atoms with Crippen molar-refractivity contribution in [2.75, 3.05) is 5.73 Å². The third-order valence-electron chi connectivity index (χ3n) is 3.02. The van der Waals surface area contributed by atoms with E-state index >= 15 is 0 Å². The van der Waals surface area contributed by atoms with E-state index in [4.69, 9.17) is 15.9 Å². The van der Waals surface area contributed by atoms with E-state index in [0.29, 0.717) is 11.3 Å². The molecule has 0 saturated carbocycles. The Morgan fingerprint density at radius 2 is 1.95 bits per heavy atom. The highest BCUT2D eigenvalue weighted by molar-refractivity contribution is 5.97. The number of carbonyl (C=O) groups excluding carboxylic acids is 1. The van der Waals surface area contributed by atoms with Gasteiger partial charge in [0.05, 0.1) is 0 Å². The molecule has 7 nitrogen and oxygen atoms in total. The predicted octanol–water partition coefficient (Wildman–Crippen LogP) is 1.02. The minimum absolute atomic E-state index is 0.0569. The largest absolute Gasteiger partial charge is 0.481 e. The topological polar surface area (TPSA) is 130 Å². The van der Waals surface area contributed by atoms with Gasteiger partial charge in [-0.2, -0.15) is 0 Å². The molecule has 7 heteroatoms. The monoisotopic (exact) mass is 294 g/mol. The second-order valence-corrected chi connectivity index (χ2v) is 4.72. The minimum Gasteiger partial charge on any atom is -0.481 e. The Kier molecular flexibility index (Phi) is 5.71. The van der Waals surface area contributed by atoms with Gasteiger partial charge in [-0.3, -0.25) is 9.59 Å². The van der Waals surface area contributed by atoms with E-state index in [1.807, 2.05) is 0 Å². The van der Waals surface area contributed by atoms with Gasteiger partial charge in [0.25, 0.3) is 5.91 Å². The molecule has 114 valence electrons. The molecule has 1 unspecified atom stereocenters. The fourth-order valence-electron chi connectivity index (χ4n) is 1.77. The van der Waals surface area contributed by atoms with Gasteiger partial charge in [-0.1, -0.05) is 0 Å². The molecule has 1 aromatic carbocycles. The number of carboxylic acid groups (broad SMARTS) is 2. The second-order valence-electron chi connectivity index (χ2n) is 4.72. The molecule has 1 aromatic rings. The van der Waals surface area contributed by atoms with E-state index in [2.05, 4.69) is 5.32 Å². The summed E-state index contributed by atoms with van der Waals surface area (Å²) in [4.78, 5) is 33.5. The maximum atomic E-state index is 12.0. The molecule has 0 spiro atoms. The summed E-state index contributed by atoms with van der Waals surface area (Å²) in [5.41, 5.74) is 7.23. The van der Waals surface area contributed by atoms with E-state index in [0.717, 1.165) is 5.56 Å². The summed E-state index contributed by atoms with van der Waals surface area (Å²) in [5.74, 6) is -2.72. The number of benzene rings is 1. The first-order valence-corrected chi connectivity index (χ1v) is 6.43. The molecule has 1 amide bonds. The molecular weight excluding hydrogens is 276 g/mol. The first kappa shape index (κ1) is 16.5. The van der Waals surface area contributed by atoms with Crippen molar-refractivity contribution >= 4 is 23.5 Å². The van der Waals surface area contributed by atoms with E-state index in [1.165, 1.54) is 6.07 Å². The van der Waals surface area contributed by atoms with Crippen LogP contribution in [0.3, 0.4) is 0 Å². The first-order valence-electron chi connectivity index (χ1n) is 6.43. The average molecular weight is 294 g/mol. The van der Waals surface area contributed by atoms with Crippen LogP contribution in [-0.2, 0) is 9.59 Å². The third kappa shape index (κ3) is 5.13. The summed E-state index contributed by atoms with van der Waals surface area (Å²) >= 11 is 0. The zero-order valence-electron chi connectivity index (χ0n) is 11.6. The summed E-state index contributed by atoms with van der Waals surface area (Å²) < 4.78 is 0. The average Bonchev–Trinajstić information content (AvgIpc) is 2.40. The summed E-state index contributed by atoms with van der Waals surface area (Å²) in [6, 6.07) is 3.54. The zero-order chi connectivity index (χ0) is 16.0. The van der Waals surface area contributed by atoms with Crippen LogP contribution in [0, 0.1) is 6.92 Å². The smallest absolute Gasteiger partial charge is 0.326 e. The van der Waals surface area contributed by atoms with Gasteiger partial charge in [0, 0.05) is 17.7 Å². The van der Waals surface area contributed by atoms with E-state index in [-0.39, 0.29) is 19.3 Å². The molecule has 0 saturated heterocycles. The van der Waals surface area contributed by atoms with Crippen molar-refractivity contribution in [3.63, 3.8) is 0 Å². The standard InChI is InChI=1S/C14H18N2O5/c1-8-7-9(5-6-10(8)15)13(19)16-11(14(20)21)3-2-4-12(17)18/h5-7,11H,2-4,15H2,1H3,(H,16,19)(H,17,18)(H,20,21). The van der Waals surface area contributed by atoms with Crippen molar-refractivity contribution in [3.05, 3.63) is 29.3 Å². The lowest BCUT2D eigenvalue weighted by Gasteiger charge is -2.14. The Hall–Kier alpha value is -2.57. The number of carboxylic acids is 2. The van der Waals surface area contributed by atoms with Crippen LogP contribution >= 0.6 is 0 Å². The number of anilines is 1. The molecule has 0 aliphatic rings. The highest BCUT2D eigenvalue weighted by atomic mass is 16.4. The highest BCUT2D eigenvalue weighted by Crippen LogP contribution is 2.13. The highest BCUT2D eigenvalue weighted by Gasteiger charge is 2.20. The van der Waals surface area contributed by atoms with Gasteiger partial charge in [0.2, 0.25) is 0 Å². The minimum atomic E-state index is -1.19. The van der Waals surface area contributed by atoms with E-state index in [1.54, 1.807) is 19.1 Å². The Morgan fingerprint density at radius 1 is 1.29 bits per heavy atom.